The van der Waals surface area contributed by atoms with E-state index in [0.29, 0.717) is 28.0 Å². The second-order valence-electron chi connectivity index (χ2n) is 10.7. The van der Waals surface area contributed by atoms with Crippen LogP contribution in [0, 0.1) is 18.2 Å². The van der Waals surface area contributed by atoms with Crippen LogP contribution < -0.4 is 19.9 Å². The predicted molar refractivity (Wildman–Crippen MR) is 148 cm³/mol. The minimum atomic E-state index is -0.970. The number of nitrogens with one attached hydrogen (secondary N) is 1. The lowest BCUT2D eigenvalue weighted by Crippen LogP contribution is -2.58. The van der Waals surface area contributed by atoms with Crippen LogP contribution in [0.5, 0.6) is 5.75 Å². The number of aromatic nitrogens is 2. The number of carbonyl (C=O) groups excluding carboxylic acids is 2. The molecule has 0 radical (unpaired) electrons. The largest absolute Gasteiger partial charge is 0.489 e. The van der Waals surface area contributed by atoms with Crippen molar-refractivity contribution in [3.05, 3.63) is 64.8 Å². The van der Waals surface area contributed by atoms with Crippen molar-refractivity contribution < 1.29 is 23.5 Å². The lowest BCUT2D eigenvalue weighted by atomic mass is 9.73. The summed E-state index contributed by atoms with van der Waals surface area (Å²) in [5.41, 5.74) is 3.08. The first-order valence-electron chi connectivity index (χ1n) is 13.2. The molecule has 0 aliphatic carbocycles. The fourth-order valence-electron chi connectivity index (χ4n) is 5.50. The maximum atomic E-state index is 14.1. The second-order valence-corrected chi connectivity index (χ2v) is 11.1. The topological polar surface area (TPSA) is 96.9 Å². The standard InChI is InChI=1S/C29H29ClFN5O4/c1-17-3-4-18(11-21(17)31)25-20(30)13-32-26(34-25)27(37)33-22-14-40-24-6-5-19(12-23(24)35(2)28(22)38)36-15-29(16-36)7-9-39-10-8-29/h3-6,11-13,22H,7-10,14-16H2,1-2H3,(H,33,37)/t22-/m0/s1. The van der Waals surface area contributed by atoms with E-state index in [-0.39, 0.29) is 29.1 Å². The number of benzene rings is 2. The van der Waals surface area contributed by atoms with Crippen LogP contribution in [0.1, 0.15) is 29.0 Å². The van der Waals surface area contributed by atoms with Crippen LogP contribution in [-0.2, 0) is 9.53 Å². The molecule has 4 heterocycles. The maximum absolute atomic E-state index is 14.1. The van der Waals surface area contributed by atoms with Crippen molar-refractivity contribution in [2.75, 3.05) is 49.8 Å². The summed E-state index contributed by atoms with van der Waals surface area (Å²) in [5.74, 6) is -1.05. The number of ether oxygens (including phenoxy) is 2. The number of fused-ring (bicyclic) bond motifs is 1. The number of likely N-dealkylation sites (N-methyl/N-ethyl adjacent to an activating group) is 1. The Morgan fingerprint density at radius 2 is 1.95 bits per heavy atom. The molecule has 0 saturated carbocycles. The van der Waals surface area contributed by atoms with E-state index in [2.05, 4.69) is 20.2 Å². The van der Waals surface area contributed by atoms with Crippen LogP contribution in [0.3, 0.4) is 0 Å². The molecule has 11 heteroatoms. The molecule has 3 aliphatic heterocycles. The van der Waals surface area contributed by atoms with Gasteiger partial charge in [-0.3, -0.25) is 9.59 Å². The van der Waals surface area contributed by atoms with Gasteiger partial charge in [0.2, 0.25) is 5.82 Å². The third kappa shape index (κ3) is 4.86. The summed E-state index contributed by atoms with van der Waals surface area (Å²) in [4.78, 5) is 38.6. The molecule has 0 bridgehead atoms. The highest BCUT2D eigenvalue weighted by Gasteiger charge is 2.44. The van der Waals surface area contributed by atoms with E-state index in [1.54, 1.807) is 26.1 Å². The fourth-order valence-corrected chi connectivity index (χ4v) is 5.70. The van der Waals surface area contributed by atoms with E-state index in [9.17, 15) is 14.0 Å². The zero-order chi connectivity index (χ0) is 28.0. The van der Waals surface area contributed by atoms with Crippen LogP contribution in [0.2, 0.25) is 5.02 Å². The molecule has 2 fully saturated rings. The van der Waals surface area contributed by atoms with Crippen LogP contribution in [0.4, 0.5) is 15.8 Å². The summed E-state index contributed by atoms with van der Waals surface area (Å²) in [6, 6.07) is 9.43. The smallest absolute Gasteiger partial charge is 0.289 e. The van der Waals surface area contributed by atoms with E-state index < -0.39 is 17.8 Å². The normalized spacial score (nSPS) is 19.9. The van der Waals surface area contributed by atoms with Gasteiger partial charge in [-0.2, -0.15) is 0 Å². The Hall–Kier alpha value is -3.76. The first-order valence-corrected chi connectivity index (χ1v) is 13.6. The van der Waals surface area contributed by atoms with Gasteiger partial charge in [0, 0.05) is 50.0 Å². The van der Waals surface area contributed by atoms with Crippen molar-refractivity contribution in [3.8, 4) is 17.0 Å². The average Bonchev–Trinajstić information content (AvgIpc) is 3.05. The zero-order valence-electron chi connectivity index (χ0n) is 22.2. The van der Waals surface area contributed by atoms with Crippen molar-refractivity contribution in [1.29, 1.82) is 0 Å². The van der Waals surface area contributed by atoms with Crippen LogP contribution in [0.15, 0.2) is 42.6 Å². The molecule has 1 atom stereocenters. The molecular weight excluding hydrogens is 537 g/mol. The lowest BCUT2D eigenvalue weighted by molar-refractivity contribution is -0.120. The molecule has 0 unspecified atom stereocenters. The Kier molecular flexibility index (Phi) is 6.83. The molecule has 1 spiro atoms. The Labute approximate surface area is 236 Å². The number of hydrogen-bond acceptors (Lipinski definition) is 7. The number of aryl methyl sites for hydroxylation is 1. The molecule has 2 amide bonds. The van der Waals surface area contributed by atoms with Crippen LogP contribution in [-0.4, -0.2) is 67.8 Å². The average molecular weight is 566 g/mol. The number of hydrogen-bond donors (Lipinski definition) is 1. The SMILES string of the molecule is Cc1ccc(-c2nc(C(=O)N[C@H]3COc4ccc(N5CC6(CCOCC6)C5)cc4N(C)C3=O)ncc2Cl)cc1F. The molecule has 208 valence electrons. The van der Waals surface area contributed by atoms with Crippen LogP contribution >= 0.6 is 11.6 Å². The molecule has 2 aromatic carbocycles. The summed E-state index contributed by atoms with van der Waals surface area (Å²) in [5, 5.41) is 2.86. The molecule has 1 N–H and O–H groups in total. The van der Waals surface area contributed by atoms with Crippen molar-refractivity contribution >= 4 is 34.8 Å². The number of halogens is 2. The van der Waals surface area contributed by atoms with Crippen molar-refractivity contribution in [2.45, 2.75) is 25.8 Å². The molecule has 40 heavy (non-hydrogen) atoms. The van der Waals surface area contributed by atoms with Crippen molar-refractivity contribution in [3.63, 3.8) is 0 Å². The van der Waals surface area contributed by atoms with E-state index in [1.165, 1.54) is 17.2 Å². The molecule has 3 aromatic rings. The van der Waals surface area contributed by atoms with Gasteiger partial charge in [-0.1, -0.05) is 23.7 Å². The third-order valence-electron chi connectivity index (χ3n) is 8.01. The highest BCUT2D eigenvalue weighted by molar-refractivity contribution is 6.33. The Morgan fingerprint density at radius 1 is 1.18 bits per heavy atom. The molecule has 6 rings (SSSR count). The summed E-state index contributed by atoms with van der Waals surface area (Å²) < 4.78 is 25.6. The van der Waals surface area contributed by atoms with Crippen LogP contribution in [0.25, 0.3) is 11.3 Å². The first-order chi connectivity index (χ1) is 19.2. The first kappa shape index (κ1) is 26.5. The Morgan fingerprint density at radius 3 is 2.70 bits per heavy atom. The minimum Gasteiger partial charge on any atom is -0.489 e. The lowest BCUT2D eigenvalue weighted by Gasteiger charge is -2.53. The van der Waals surface area contributed by atoms with Gasteiger partial charge in [-0.15, -0.1) is 0 Å². The number of carbonyl (C=O) groups is 2. The minimum absolute atomic E-state index is 0.0578. The van der Waals surface area contributed by atoms with Gasteiger partial charge in [0.15, 0.2) is 0 Å². The Balaban J connectivity index is 1.17. The van der Waals surface area contributed by atoms with Gasteiger partial charge in [0.05, 0.1) is 22.6 Å². The molecule has 9 nitrogen and oxygen atoms in total. The highest BCUT2D eigenvalue weighted by atomic mass is 35.5. The third-order valence-corrected chi connectivity index (χ3v) is 8.28. The monoisotopic (exact) mass is 565 g/mol. The summed E-state index contributed by atoms with van der Waals surface area (Å²) in [6.07, 6.45) is 3.42. The fraction of sp³-hybridized carbons (Fsp3) is 0.379. The number of rotatable bonds is 4. The van der Waals surface area contributed by atoms with E-state index in [0.717, 1.165) is 44.8 Å². The summed E-state index contributed by atoms with van der Waals surface area (Å²) in [7, 11) is 1.66. The number of amides is 2. The van der Waals surface area contributed by atoms with Gasteiger partial charge in [-0.05, 0) is 49.6 Å². The van der Waals surface area contributed by atoms with Crippen molar-refractivity contribution in [2.24, 2.45) is 5.41 Å². The second kappa shape index (κ2) is 10.3. The van der Waals surface area contributed by atoms with E-state index in [1.807, 2.05) is 18.2 Å². The van der Waals surface area contributed by atoms with E-state index in [4.69, 9.17) is 21.1 Å². The number of anilines is 2. The van der Waals surface area contributed by atoms with Gasteiger partial charge in [0.25, 0.3) is 11.8 Å². The van der Waals surface area contributed by atoms with Gasteiger partial charge >= 0.3 is 0 Å². The van der Waals surface area contributed by atoms with Gasteiger partial charge < -0.3 is 24.6 Å². The van der Waals surface area contributed by atoms with Crippen molar-refractivity contribution in [1.82, 2.24) is 15.3 Å². The Bertz CT molecular complexity index is 1490. The molecule has 3 aliphatic rings. The summed E-state index contributed by atoms with van der Waals surface area (Å²) >= 11 is 6.26. The molecule has 1 aromatic heterocycles. The molecular formula is C29H29ClFN5O4. The quantitative estimate of drug-likeness (QED) is 0.510. The van der Waals surface area contributed by atoms with E-state index >= 15 is 0 Å². The van der Waals surface area contributed by atoms with Gasteiger partial charge in [-0.25, -0.2) is 14.4 Å². The van der Waals surface area contributed by atoms with Gasteiger partial charge in [0.1, 0.15) is 24.2 Å². The molecule has 2 saturated heterocycles. The zero-order valence-corrected chi connectivity index (χ0v) is 23.0. The predicted octanol–water partition coefficient (Wildman–Crippen LogP) is 4.02. The summed E-state index contributed by atoms with van der Waals surface area (Å²) in [6.45, 7) is 5.13. The highest BCUT2D eigenvalue weighted by Crippen LogP contribution is 2.44. The number of nitrogens with zero attached hydrogens (tertiary/aromatic N) is 4. The maximum Gasteiger partial charge on any atom is 0.289 e.